The SMILES string of the molecule is CC(C)c1ccc(S(=O)(=O)c2ccc(Br)cc2)cc1. The van der Waals surface area contributed by atoms with Crippen molar-refractivity contribution in [3.63, 3.8) is 0 Å². The zero-order valence-corrected chi connectivity index (χ0v) is 13.2. The topological polar surface area (TPSA) is 34.1 Å². The predicted octanol–water partition coefficient (Wildman–Crippen LogP) is 4.41. The molecule has 0 atom stereocenters. The first-order valence-electron chi connectivity index (χ1n) is 6.02. The molecule has 0 aromatic heterocycles. The van der Waals surface area contributed by atoms with Gasteiger partial charge in [-0.15, -0.1) is 0 Å². The molecule has 4 heteroatoms. The van der Waals surface area contributed by atoms with E-state index in [4.69, 9.17) is 0 Å². The van der Waals surface area contributed by atoms with Crippen molar-refractivity contribution in [3.05, 3.63) is 58.6 Å². The van der Waals surface area contributed by atoms with Crippen molar-refractivity contribution in [2.24, 2.45) is 0 Å². The molecule has 19 heavy (non-hydrogen) atoms. The molecule has 0 saturated heterocycles. The lowest BCUT2D eigenvalue weighted by molar-refractivity contribution is 0.596. The first-order valence-corrected chi connectivity index (χ1v) is 8.29. The van der Waals surface area contributed by atoms with Gasteiger partial charge in [-0.05, 0) is 47.9 Å². The third-order valence-electron chi connectivity index (χ3n) is 2.98. The Hall–Kier alpha value is -1.13. The Kier molecular flexibility index (Phi) is 4.11. The lowest BCUT2D eigenvalue weighted by Gasteiger charge is -2.08. The second-order valence-corrected chi connectivity index (χ2v) is 7.55. The maximum Gasteiger partial charge on any atom is 0.206 e. The van der Waals surface area contributed by atoms with Gasteiger partial charge in [0.2, 0.25) is 9.84 Å². The van der Waals surface area contributed by atoms with E-state index in [0.717, 1.165) is 10.0 Å². The van der Waals surface area contributed by atoms with Crippen LogP contribution in [0.4, 0.5) is 0 Å². The van der Waals surface area contributed by atoms with E-state index in [1.54, 1.807) is 36.4 Å². The fourth-order valence-corrected chi connectivity index (χ4v) is 3.31. The van der Waals surface area contributed by atoms with E-state index in [2.05, 4.69) is 29.8 Å². The summed E-state index contributed by atoms with van der Waals surface area (Å²) in [5.41, 5.74) is 1.13. The van der Waals surface area contributed by atoms with Crippen molar-refractivity contribution in [1.82, 2.24) is 0 Å². The first kappa shape index (κ1) is 14.3. The van der Waals surface area contributed by atoms with E-state index in [9.17, 15) is 8.42 Å². The minimum absolute atomic E-state index is 0.313. The molecule has 0 heterocycles. The van der Waals surface area contributed by atoms with Crippen LogP contribution in [0.15, 0.2) is 62.8 Å². The van der Waals surface area contributed by atoms with E-state index in [-0.39, 0.29) is 0 Å². The lowest BCUT2D eigenvalue weighted by Crippen LogP contribution is -2.02. The van der Waals surface area contributed by atoms with Crippen LogP contribution in [0.25, 0.3) is 0 Å². The highest BCUT2D eigenvalue weighted by atomic mass is 79.9. The van der Waals surface area contributed by atoms with E-state index in [0.29, 0.717) is 15.7 Å². The average Bonchev–Trinajstić information content (AvgIpc) is 2.39. The second-order valence-electron chi connectivity index (χ2n) is 4.68. The molecule has 2 nitrogen and oxygen atoms in total. The van der Waals surface area contributed by atoms with Crippen molar-refractivity contribution >= 4 is 25.8 Å². The molecule has 0 aliphatic heterocycles. The normalized spacial score (nSPS) is 11.8. The highest BCUT2D eigenvalue weighted by molar-refractivity contribution is 9.10. The second kappa shape index (κ2) is 5.47. The van der Waals surface area contributed by atoms with Crippen LogP contribution in [-0.4, -0.2) is 8.42 Å². The lowest BCUT2D eigenvalue weighted by atomic mass is 10.0. The molecule has 0 saturated carbocycles. The van der Waals surface area contributed by atoms with Crippen molar-refractivity contribution in [3.8, 4) is 0 Å². The fourth-order valence-electron chi connectivity index (χ4n) is 1.78. The Morgan fingerprint density at radius 1 is 0.842 bits per heavy atom. The van der Waals surface area contributed by atoms with Gasteiger partial charge in [-0.2, -0.15) is 0 Å². The molecular weight excluding hydrogens is 324 g/mol. The highest BCUT2D eigenvalue weighted by Crippen LogP contribution is 2.24. The van der Waals surface area contributed by atoms with E-state index >= 15 is 0 Å². The Morgan fingerprint density at radius 2 is 1.26 bits per heavy atom. The van der Waals surface area contributed by atoms with Gasteiger partial charge in [0.05, 0.1) is 9.79 Å². The Bertz CT molecular complexity index is 656. The summed E-state index contributed by atoms with van der Waals surface area (Å²) in [4.78, 5) is 0.646. The first-order chi connectivity index (χ1) is 8.91. The molecule has 2 aromatic carbocycles. The van der Waals surface area contributed by atoms with Gasteiger partial charge >= 0.3 is 0 Å². The predicted molar refractivity (Wildman–Crippen MR) is 80.1 cm³/mol. The molecule has 0 N–H and O–H groups in total. The fraction of sp³-hybridized carbons (Fsp3) is 0.200. The summed E-state index contributed by atoms with van der Waals surface area (Å²) >= 11 is 3.30. The summed E-state index contributed by atoms with van der Waals surface area (Å²) in [6.45, 7) is 4.16. The van der Waals surface area contributed by atoms with Crippen molar-refractivity contribution < 1.29 is 8.42 Å². The van der Waals surface area contributed by atoms with E-state index in [1.807, 2.05) is 12.1 Å². The summed E-state index contributed by atoms with van der Waals surface area (Å²) in [7, 11) is -3.42. The number of halogens is 1. The number of benzene rings is 2. The minimum atomic E-state index is -3.42. The molecule has 0 radical (unpaired) electrons. The number of rotatable bonds is 3. The van der Waals surface area contributed by atoms with Gasteiger partial charge in [0.25, 0.3) is 0 Å². The Morgan fingerprint density at radius 3 is 1.68 bits per heavy atom. The molecule has 2 aromatic rings. The molecule has 0 aliphatic carbocycles. The third kappa shape index (κ3) is 3.07. The monoisotopic (exact) mass is 338 g/mol. The van der Waals surface area contributed by atoms with Crippen molar-refractivity contribution in [2.75, 3.05) is 0 Å². The molecule has 0 aliphatic rings. The average molecular weight is 339 g/mol. The van der Waals surface area contributed by atoms with Gasteiger partial charge in [0, 0.05) is 4.47 Å². The Balaban J connectivity index is 2.42. The van der Waals surface area contributed by atoms with Crippen LogP contribution in [0, 0.1) is 0 Å². The third-order valence-corrected chi connectivity index (χ3v) is 5.30. The van der Waals surface area contributed by atoms with E-state index < -0.39 is 9.84 Å². The van der Waals surface area contributed by atoms with Gasteiger partial charge in [0.15, 0.2) is 0 Å². The molecule has 0 unspecified atom stereocenters. The summed E-state index contributed by atoms with van der Waals surface area (Å²) in [6, 6.07) is 13.8. The van der Waals surface area contributed by atoms with Crippen LogP contribution < -0.4 is 0 Å². The molecule has 2 rings (SSSR count). The molecule has 100 valence electrons. The zero-order valence-electron chi connectivity index (χ0n) is 10.8. The number of hydrogen-bond donors (Lipinski definition) is 0. The summed E-state index contributed by atoms with van der Waals surface area (Å²) < 4.78 is 25.7. The van der Waals surface area contributed by atoms with Crippen LogP contribution in [0.5, 0.6) is 0 Å². The molecule has 0 amide bonds. The number of sulfone groups is 1. The van der Waals surface area contributed by atoms with E-state index in [1.165, 1.54) is 0 Å². The molecule has 0 fully saturated rings. The maximum absolute atomic E-state index is 12.4. The smallest absolute Gasteiger partial charge is 0.206 e. The van der Waals surface area contributed by atoms with Crippen LogP contribution in [0.2, 0.25) is 0 Å². The van der Waals surface area contributed by atoms with Gasteiger partial charge in [-0.25, -0.2) is 8.42 Å². The van der Waals surface area contributed by atoms with Gasteiger partial charge in [-0.1, -0.05) is 41.9 Å². The summed E-state index contributed by atoms with van der Waals surface area (Å²) in [5, 5.41) is 0. The zero-order chi connectivity index (χ0) is 14.0. The van der Waals surface area contributed by atoms with Crippen LogP contribution in [-0.2, 0) is 9.84 Å². The Labute approximate surface area is 122 Å². The van der Waals surface area contributed by atoms with Crippen LogP contribution in [0.3, 0.4) is 0 Å². The quantitative estimate of drug-likeness (QED) is 0.830. The standard InChI is InChI=1S/C15H15BrO2S/c1-11(2)12-3-7-14(8-4-12)19(17,18)15-9-5-13(16)6-10-15/h3-11H,1-2H3. The highest BCUT2D eigenvalue weighted by Gasteiger charge is 2.17. The molecular formula is C15H15BrO2S. The maximum atomic E-state index is 12.4. The van der Waals surface area contributed by atoms with Crippen LogP contribution in [0.1, 0.15) is 25.3 Å². The summed E-state index contributed by atoms with van der Waals surface area (Å²) in [5.74, 6) is 0.393. The summed E-state index contributed by atoms with van der Waals surface area (Å²) in [6.07, 6.45) is 0. The van der Waals surface area contributed by atoms with Gasteiger partial charge in [0.1, 0.15) is 0 Å². The largest absolute Gasteiger partial charge is 0.219 e. The van der Waals surface area contributed by atoms with Gasteiger partial charge < -0.3 is 0 Å². The molecule has 0 bridgehead atoms. The molecule has 0 spiro atoms. The minimum Gasteiger partial charge on any atom is -0.219 e. The number of hydrogen-bond acceptors (Lipinski definition) is 2. The van der Waals surface area contributed by atoms with Crippen molar-refractivity contribution in [1.29, 1.82) is 0 Å². The van der Waals surface area contributed by atoms with Crippen molar-refractivity contribution in [2.45, 2.75) is 29.6 Å². The van der Waals surface area contributed by atoms with Crippen LogP contribution >= 0.6 is 15.9 Å². The van der Waals surface area contributed by atoms with Gasteiger partial charge in [-0.3, -0.25) is 0 Å².